The Hall–Kier alpha value is -9.18. The number of hydrogen-bond acceptors (Lipinski definition) is 2. The molecule has 3 heteroatoms. The van der Waals surface area contributed by atoms with Crippen LogP contribution in [0.4, 0.5) is 17.1 Å². The quantitative estimate of drug-likeness (QED) is 0.144. The predicted molar refractivity (Wildman–Crippen MR) is 290 cm³/mol. The highest BCUT2D eigenvalue weighted by Gasteiger charge is 2.22. The minimum absolute atomic E-state index is 0.895. The molecule has 2 heterocycles. The average molecular weight is 881 g/mol. The van der Waals surface area contributed by atoms with Crippen LogP contribution >= 0.6 is 0 Å². The van der Waals surface area contributed by atoms with Gasteiger partial charge in [0.05, 0.1) is 28.1 Å². The summed E-state index contributed by atoms with van der Waals surface area (Å²) in [6.45, 7) is 0. The topological polar surface area (TPSA) is 21.3 Å². The first-order chi connectivity index (χ1) is 34.2. The zero-order valence-corrected chi connectivity index (χ0v) is 37.7. The van der Waals surface area contributed by atoms with Crippen molar-refractivity contribution < 1.29 is 4.42 Å². The van der Waals surface area contributed by atoms with Crippen LogP contribution in [0.1, 0.15) is 0 Å². The van der Waals surface area contributed by atoms with Gasteiger partial charge >= 0.3 is 0 Å². The fourth-order valence-corrected chi connectivity index (χ4v) is 10.4. The van der Waals surface area contributed by atoms with E-state index in [1.165, 1.54) is 38.5 Å². The number of rotatable bonds is 9. The van der Waals surface area contributed by atoms with Crippen LogP contribution in [0.5, 0.6) is 0 Å². The summed E-state index contributed by atoms with van der Waals surface area (Å²) < 4.78 is 8.94. The average Bonchev–Trinajstić information content (AvgIpc) is 3.98. The molecule has 324 valence electrons. The zero-order valence-electron chi connectivity index (χ0n) is 37.7. The number of hydrogen-bond donors (Lipinski definition) is 0. The number of para-hydroxylation sites is 7. The van der Waals surface area contributed by atoms with Crippen LogP contribution in [-0.2, 0) is 0 Å². The van der Waals surface area contributed by atoms with Crippen molar-refractivity contribution in [3.8, 4) is 61.3 Å². The lowest BCUT2D eigenvalue weighted by molar-refractivity contribution is 0.670. The molecule has 0 aliphatic heterocycles. The van der Waals surface area contributed by atoms with Gasteiger partial charge in [-0.25, -0.2) is 0 Å². The minimum atomic E-state index is 0.895. The summed E-state index contributed by atoms with van der Waals surface area (Å²) in [5.74, 6) is 0. The molecule has 0 radical (unpaired) electrons. The van der Waals surface area contributed by atoms with Crippen molar-refractivity contribution in [2.24, 2.45) is 0 Å². The van der Waals surface area contributed by atoms with E-state index >= 15 is 0 Å². The molecule has 0 fully saturated rings. The van der Waals surface area contributed by atoms with E-state index in [1.807, 2.05) is 12.1 Å². The Bertz CT molecular complexity index is 3960. The van der Waals surface area contributed by atoms with E-state index in [-0.39, 0.29) is 0 Å². The minimum Gasteiger partial charge on any atom is -0.455 e. The molecule has 13 rings (SSSR count). The smallest absolute Gasteiger partial charge is 0.143 e. The molecule has 0 amide bonds. The second-order valence-electron chi connectivity index (χ2n) is 17.6. The zero-order chi connectivity index (χ0) is 45.7. The maximum Gasteiger partial charge on any atom is 0.143 e. The normalized spacial score (nSPS) is 11.5. The van der Waals surface area contributed by atoms with Crippen molar-refractivity contribution in [3.63, 3.8) is 0 Å². The van der Waals surface area contributed by atoms with Crippen LogP contribution in [0, 0.1) is 0 Å². The Kier molecular flexibility index (Phi) is 9.84. The number of furan rings is 1. The molecule has 69 heavy (non-hydrogen) atoms. The molecule has 0 N–H and O–H groups in total. The molecule has 0 saturated heterocycles. The van der Waals surface area contributed by atoms with Crippen molar-refractivity contribution in [3.05, 3.63) is 267 Å². The fraction of sp³-hybridized carbons (Fsp3) is 0. The summed E-state index contributed by atoms with van der Waals surface area (Å²) in [6, 6.07) is 96.1. The molecule has 0 saturated carbocycles. The van der Waals surface area contributed by atoms with E-state index < -0.39 is 0 Å². The van der Waals surface area contributed by atoms with E-state index in [0.717, 1.165) is 83.6 Å². The van der Waals surface area contributed by atoms with E-state index in [0.29, 0.717) is 0 Å². The molecular weight excluding hydrogens is 837 g/mol. The Labute approximate surface area is 401 Å². The molecule has 0 bridgehead atoms. The van der Waals surface area contributed by atoms with Crippen LogP contribution in [0.25, 0.3) is 105 Å². The van der Waals surface area contributed by atoms with Crippen LogP contribution in [0.2, 0.25) is 0 Å². The van der Waals surface area contributed by atoms with Crippen LogP contribution < -0.4 is 4.90 Å². The molecule has 2 aromatic heterocycles. The van der Waals surface area contributed by atoms with Gasteiger partial charge in [-0.2, -0.15) is 0 Å². The lowest BCUT2D eigenvalue weighted by atomic mass is 9.95. The molecular formula is C66H44N2O. The predicted octanol–water partition coefficient (Wildman–Crippen LogP) is 18.5. The highest BCUT2D eigenvalue weighted by molar-refractivity contribution is 6.11. The maximum atomic E-state index is 6.52. The first-order valence-electron chi connectivity index (χ1n) is 23.6. The van der Waals surface area contributed by atoms with Gasteiger partial charge in [-0.15, -0.1) is 0 Å². The SMILES string of the molecule is c1ccc(-c2ccc(-c3ccccc3N(c3ccc(-c4cccc5c4oc4ccccc45)cc3)c3ccccc3-c3cccc(-c4ccccc4-n4c5ccccc5c5ccccc54)c3)cc2)cc1. The van der Waals surface area contributed by atoms with Gasteiger partial charge in [0.2, 0.25) is 0 Å². The number of anilines is 3. The molecule has 13 aromatic rings. The van der Waals surface area contributed by atoms with Gasteiger partial charge in [0.15, 0.2) is 0 Å². The van der Waals surface area contributed by atoms with Crippen molar-refractivity contribution >= 4 is 60.8 Å². The second-order valence-corrected chi connectivity index (χ2v) is 17.6. The Morgan fingerprint density at radius 2 is 0.739 bits per heavy atom. The van der Waals surface area contributed by atoms with Crippen LogP contribution in [-0.4, -0.2) is 4.57 Å². The molecule has 0 spiro atoms. The lowest BCUT2D eigenvalue weighted by Crippen LogP contribution is -2.12. The number of fused-ring (bicyclic) bond motifs is 6. The van der Waals surface area contributed by atoms with Crippen molar-refractivity contribution in [2.75, 3.05) is 4.90 Å². The third-order valence-electron chi connectivity index (χ3n) is 13.6. The Morgan fingerprint density at radius 3 is 1.45 bits per heavy atom. The van der Waals surface area contributed by atoms with Gasteiger partial charge in [-0.1, -0.05) is 212 Å². The van der Waals surface area contributed by atoms with Gasteiger partial charge < -0.3 is 13.9 Å². The van der Waals surface area contributed by atoms with E-state index in [9.17, 15) is 0 Å². The van der Waals surface area contributed by atoms with Crippen molar-refractivity contribution in [2.45, 2.75) is 0 Å². The van der Waals surface area contributed by atoms with E-state index in [2.05, 4.69) is 264 Å². The largest absolute Gasteiger partial charge is 0.455 e. The summed E-state index contributed by atoms with van der Waals surface area (Å²) in [6.07, 6.45) is 0. The third-order valence-corrected chi connectivity index (χ3v) is 13.6. The number of aromatic nitrogens is 1. The van der Waals surface area contributed by atoms with Gasteiger partial charge in [-0.05, 0) is 88.0 Å². The molecule has 3 nitrogen and oxygen atoms in total. The Morgan fingerprint density at radius 1 is 0.290 bits per heavy atom. The maximum absolute atomic E-state index is 6.52. The van der Waals surface area contributed by atoms with Gasteiger partial charge in [-0.3, -0.25) is 0 Å². The lowest BCUT2D eigenvalue weighted by Gasteiger charge is -2.30. The molecule has 0 aliphatic carbocycles. The molecule has 0 aliphatic rings. The highest BCUT2D eigenvalue weighted by atomic mass is 16.3. The number of benzene rings is 11. The molecule has 11 aromatic carbocycles. The second kappa shape index (κ2) is 16.9. The van der Waals surface area contributed by atoms with Crippen LogP contribution in [0.15, 0.2) is 271 Å². The van der Waals surface area contributed by atoms with E-state index in [1.54, 1.807) is 0 Å². The van der Waals surface area contributed by atoms with Gasteiger partial charge in [0.1, 0.15) is 11.2 Å². The molecule has 0 atom stereocenters. The fourth-order valence-electron chi connectivity index (χ4n) is 10.4. The number of nitrogens with zero attached hydrogens (tertiary/aromatic N) is 2. The monoisotopic (exact) mass is 880 g/mol. The first-order valence-corrected chi connectivity index (χ1v) is 23.6. The summed E-state index contributed by atoms with van der Waals surface area (Å²) in [7, 11) is 0. The first kappa shape index (κ1) is 40.1. The van der Waals surface area contributed by atoms with Gasteiger partial charge in [0, 0.05) is 49.5 Å². The van der Waals surface area contributed by atoms with Gasteiger partial charge in [0.25, 0.3) is 0 Å². The summed E-state index contributed by atoms with van der Waals surface area (Å²) in [4.78, 5) is 2.43. The van der Waals surface area contributed by atoms with Crippen LogP contribution in [0.3, 0.4) is 0 Å². The Balaban J connectivity index is 0.962. The highest BCUT2D eigenvalue weighted by Crippen LogP contribution is 2.47. The van der Waals surface area contributed by atoms with Crippen molar-refractivity contribution in [1.29, 1.82) is 0 Å². The molecule has 0 unspecified atom stereocenters. The summed E-state index contributed by atoms with van der Waals surface area (Å²) >= 11 is 0. The standard InChI is InChI=1S/C66H44N2O/c1-2-18-45(19-3-1)46-36-38-47(39-37-46)52-22-4-10-30-60(52)67(51-42-40-48(41-43-51)55-28-17-29-59-58-27-9-15-35-65(58)69-66(55)59)61-31-11-5-23-53(61)49-20-16-21-50(44-49)54-24-6-12-32-62(54)68-63-33-13-7-25-56(63)57-26-8-14-34-64(57)68/h1-44H. The van der Waals surface area contributed by atoms with Crippen molar-refractivity contribution in [1.82, 2.24) is 4.57 Å². The van der Waals surface area contributed by atoms with E-state index in [4.69, 9.17) is 4.42 Å². The summed E-state index contributed by atoms with van der Waals surface area (Å²) in [5, 5.41) is 4.74. The third kappa shape index (κ3) is 6.99. The summed E-state index contributed by atoms with van der Waals surface area (Å²) in [5.41, 5.74) is 19.9.